The van der Waals surface area contributed by atoms with Gasteiger partial charge in [-0.1, -0.05) is 0 Å². The predicted octanol–water partition coefficient (Wildman–Crippen LogP) is 0.0563. The van der Waals surface area contributed by atoms with E-state index in [1.165, 1.54) is 6.20 Å². The average molecular weight is 205 g/mol. The molecule has 78 valence electrons. The number of anilines is 3. The molecule has 1 aliphatic carbocycles. The van der Waals surface area contributed by atoms with E-state index in [1.807, 2.05) is 0 Å². The normalized spacial score (nSPS) is 10.7. The number of aromatic nitrogens is 1. The van der Waals surface area contributed by atoms with Crippen molar-refractivity contribution in [3.8, 4) is 11.3 Å². The smallest absolute Gasteiger partial charge is 0.114 e. The first-order valence-corrected chi connectivity index (χ1v) is 4.25. The van der Waals surface area contributed by atoms with Crippen molar-refractivity contribution in [2.75, 3.05) is 17.2 Å². The van der Waals surface area contributed by atoms with Crippen molar-refractivity contribution >= 4 is 17.1 Å². The summed E-state index contributed by atoms with van der Waals surface area (Å²) in [5, 5.41) is 17.4. The van der Waals surface area contributed by atoms with Crippen LogP contribution < -0.4 is 22.6 Å². The molecule has 0 atom stereocenters. The molecule has 0 bridgehead atoms. The van der Waals surface area contributed by atoms with Gasteiger partial charge in [0.15, 0.2) is 0 Å². The molecule has 1 aliphatic heterocycles. The van der Waals surface area contributed by atoms with Gasteiger partial charge in [-0.15, -0.1) is 0 Å². The molecule has 0 saturated carbocycles. The molecular formula is C9H11N5O. The lowest BCUT2D eigenvalue weighted by molar-refractivity contribution is 0.189. The van der Waals surface area contributed by atoms with Gasteiger partial charge in [0.05, 0.1) is 22.4 Å². The van der Waals surface area contributed by atoms with Crippen molar-refractivity contribution in [2.45, 2.75) is 0 Å². The van der Waals surface area contributed by atoms with E-state index in [0.29, 0.717) is 11.3 Å². The first-order chi connectivity index (χ1) is 7.04. The number of hydrogen-bond acceptors (Lipinski definition) is 5. The summed E-state index contributed by atoms with van der Waals surface area (Å²) in [6.07, 6.45) is 1.41. The first kappa shape index (κ1) is 9.20. The van der Waals surface area contributed by atoms with Crippen LogP contribution in [0.15, 0.2) is 18.3 Å². The number of pyridine rings is 1. The highest BCUT2D eigenvalue weighted by Gasteiger charge is 2.17. The Balaban J connectivity index is 3.06. The van der Waals surface area contributed by atoms with Crippen molar-refractivity contribution < 1.29 is 5.21 Å². The molecule has 6 heteroatoms. The highest BCUT2D eigenvalue weighted by atomic mass is 16.5. The van der Waals surface area contributed by atoms with Crippen LogP contribution in [0.5, 0.6) is 0 Å². The summed E-state index contributed by atoms with van der Waals surface area (Å²) in [5.74, 6) is 0. The molecule has 0 aromatic carbocycles. The van der Waals surface area contributed by atoms with Crippen LogP contribution in [0.2, 0.25) is 0 Å². The summed E-state index contributed by atoms with van der Waals surface area (Å²) in [4.78, 5) is 0. The predicted molar refractivity (Wildman–Crippen MR) is 57.3 cm³/mol. The van der Waals surface area contributed by atoms with E-state index in [1.54, 1.807) is 12.1 Å². The Labute approximate surface area is 85.4 Å². The minimum atomic E-state index is 0.0695. The minimum absolute atomic E-state index is 0.0695. The van der Waals surface area contributed by atoms with Gasteiger partial charge >= 0.3 is 0 Å². The number of fused-ring (bicyclic) bond motifs is 1. The molecule has 2 rings (SSSR count). The molecule has 0 aromatic rings. The summed E-state index contributed by atoms with van der Waals surface area (Å²) in [6.45, 7) is 0. The van der Waals surface area contributed by atoms with Gasteiger partial charge in [-0.2, -0.15) is 4.73 Å². The summed E-state index contributed by atoms with van der Waals surface area (Å²) in [6, 6.07) is 3.24. The second-order valence-corrected chi connectivity index (χ2v) is 3.23. The lowest BCUT2D eigenvalue weighted by atomic mass is 10.0. The largest absolute Gasteiger partial charge is 0.428 e. The Morgan fingerprint density at radius 1 is 1.13 bits per heavy atom. The fourth-order valence-electron chi connectivity index (χ4n) is 1.52. The zero-order valence-corrected chi connectivity index (χ0v) is 7.86. The van der Waals surface area contributed by atoms with E-state index in [2.05, 4.69) is 0 Å². The highest BCUT2D eigenvalue weighted by Crippen LogP contribution is 2.31. The number of benzene rings is 1. The van der Waals surface area contributed by atoms with Gasteiger partial charge in [-0.3, -0.25) is 5.41 Å². The van der Waals surface area contributed by atoms with E-state index in [-0.39, 0.29) is 22.4 Å². The van der Waals surface area contributed by atoms with E-state index in [0.717, 1.165) is 4.73 Å². The fraction of sp³-hybridized carbons (Fsp3) is 0. The number of nitrogens with zero attached hydrogens (tertiary/aromatic N) is 1. The Morgan fingerprint density at radius 2 is 1.80 bits per heavy atom. The minimum Gasteiger partial charge on any atom is -0.428 e. The molecule has 0 aromatic heterocycles. The molecule has 0 spiro atoms. The van der Waals surface area contributed by atoms with Crippen molar-refractivity contribution in [1.82, 2.24) is 4.73 Å². The lowest BCUT2D eigenvalue weighted by Crippen LogP contribution is -2.19. The van der Waals surface area contributed by atoms with Crippen LogP contribution in [0.25, 0.3) is 11.3 Å². The van der Waals surface area contributed by atoms with Crippen LogP contribution >= 0.6 is 0 Å². The third kappa shape index (κ3) is 1.08. The van der Waals surface area contributed by atoms with Gasteiger partial charge in [0, 0.05) is 11.8 Å². The summed E-state index contributed by atoms with van der Waals surface area (Å²) in [5.41, 5.74) is 18.2. The van der Waals surface area contributed by atoms with Crippen LogP contribution in [-0.4, -0.2) is 9.94 Å². The summed E-state index contributed by atoms with van der Waals surface area (Å²) >= 11 is 0. The van der Waals surface area contributed by atoms with Crippen LogP contribution in [0, 0.1) is 5.41 Å². The Kier molecular flexibility index (Phi) is 1.72. The third-order valence-electron chi connectivity index (χ3n) is 2.35. The lowest BCUT2D eigenvalue weighted by Gasteiger charge is -2.15. The second kappa shape index (κ2) is 2.81. The van der Waals surface area contributed by atoms with Gasteiger partial charge in [0.25, 0.3) is 0 Å². The quantitative estimate of drug-likeness (QED) is 0.307. The van der Waals surface area contributed by atoms with Gasteiger partial charge in [-0.25, -0.2) is 0 Å². The monoisotopic (exact) mass is 205 g/mol. The average Bonchev–Trinajstić information content (AvgIpc) is 2.23. The van der Waals surface area contributed by atoms with Crippen molar-refractivity contribution in [3.05, 3.63) is 23.7 Å². The molecular weight excluding hydrogens is 194 g/mol. The Bertz CT molecular complexity index is 560. The van der Waals surface area contributed by atoms with Crippen LogP contribution in [0.3, 0.4) is 0 Å². The molecule has 8 N–H and O–H groups in total. The third-order valence-corrected chi connectivity index (χ3v) is 2.35. The molecule has 15 heavy (non-hydrogen) atoms. The van der Waals surface area contributed by atoms with Crippen molar-refractivity contribution in [1.29, 1.82) is 5.41 Å². The number of rotatable bonds is 0. The van der Waals surface area contributed by atoms with E-state index < -0.39 is 0 Å². The number of nitrogens with one attached hydrogen (secondary N) is 1. The molecule has 2 aliphatic rings. The van der Waals surface area contributed by atoms with Crippen LogP contribution in [0.4, 0.5) is 17.1 Å². The molecule has 0 radical (unpaired) electrons. The maximum Gasteiger partial charge on any atom is 0.114 e. The molecule has 6 nitrogen and oxygen atoms in total. The zero-order valence-electron chi connectivity index (χ0n) is 7.86. The SMILES string of the molecule is N=c1c2cccn(O)c-2c(N)c(N)c1N. The van der Waals surface area contributed by atoms with E-state index in [9.17, 15) is 5.21 Å². The number of nitrogen functional groups attached to an aromatic ring is 3. The second-order valence-electron chi connectivity index (χ2n) is 3.23. The Hall–Kier alpha value is -2.37. The number of hydrogen-bond donors (Lipinski definition) is 5. The summed E-state index contributed by atoms with van der Waals surface area (Å²) < 4.78 is 0.832. The topological polar surface area (TPSA) is 127 Å². The maximum absolute atomic E-state index is 9.55. The zero-order chi connectivity index (χ0) is 11.2. The van der Waals surface area contributed by atoms with Gasteiger partial charge < -0.3 is 22.4 Å². The number of nitrogens with two attached hydrogens (primary N) is 3. The van der Waals surface area contributed by atoms with Crippen molar-refractivity contribution in [2.24, 2.45) is 0 Å². The van der Waals surface area contributed by atoms with E-state index >= 15 is 0 Å². The van der Waals surface area contributed by atoms with Gasteiger partial charge in [-0.05, 0) is 12.1 Å². The highest BCUT2D eigenvalue weighted by molar-refractivity contribution is 5.90. The standard InChI is InChI=1S/C9H11N5O/c10-5-4-2-1-3-14(15)9(4)8(13)7(12)6(5)11/h1-3,10,15H,11-13H2. The molecule has 0 amide bonds. The maximum atomic E-state index is 9.55. The summed E-state index contributed by atoms with van der Waals surface area (Å²) in [7, 11) is 0. The molecule has 1 heterocycles. The first-order valence-electron chi connectivity index (χ1n) is 4.25. The fourth-order valence-corrected chi connectivity index (χ4v) is 1.52. The van der Waals surface area contributed by atoms with Crippen molar-refractivity contribution in [3.63, 3.8) is 0 Å². The van der Waals surface area contributed by atoms with Gasteiger partial charge in [0.2, 0.25) is 0 Å². The Morgan fingerprint density at radius 3 is 2.47 bits per heavy atom. The van der Waals surface area contributed by atoms with Crippen LogP contribution in [0.1, 0.15) is 0 Å². The molecule has 0 fully saturated rings. The molecule has 0 saturated heterocycles. The van der Waals surface area contributed by atoms with Crippen LogP contribution in [-0.2, 0) is 0 Å². The molecule has 0 unspecified atom stereocenters. The van der Waals surface area contributed by atoms with E-state index in [4.69, 9.17) is 22.6 Å². The van der Waals surface area contributed by atoms with Gasteiger partial charge in [0.1, 0.15) is 5.69 Å².